The molecule has 0 fully saturated rings. The first kappa shape index (κ1) is 27.9. The normalized spacial score (nSPS) is 13.9. The van der Waals surface area contributed by atoms with Gasteiger partial charge in [0.1, 0.15) is 5.69 Å². The van der Waals surface area contributed by atoms with Crippen LogP contribution in [0.5, 0.6) is 0 Å². The Morgan fingerprint density at radius 3 is 1.71 bits per heavy atom. The van der Waals surface area contributed by atoms with E-state index in [0.29, 0.717) is 12.1 Å². The highest BCUT2D eigenvalue weighted by atomic mass is 31.1. The van der Waals surface area contributed by atoms with Crippen molar-refractivity contribution in [3.05, 3.63) is 16.0 Å². The summed E-state index contributed by atoms with van der Waals surface area (Å²) in [6.07, 6.45) is 18.3. The molecule has 0 radical (unpaired) electrons. The maximum atomic E-state index is 12.7. The number of anilines is 1. The van der Waals surface area contributed by atoms with Gasteiger partial charge in [-0.25, -0.2) is 0 Å². The van der Waals surface area contributed by atoms with Crippen molar-refractivity contribution in [2.75, 3.05) is 5.32 Å². The molecule has 0 aliphatic rings. The first-order chi connectivity index (χ1) is 14.8. The second-order valence-electron chi connectivity index (χ2n) is 9.19. The van der Waals surface area contributed by atoms with Crippen LogP contribution in [0.25, 0.3) is 0 Å². The van der Waals surface area contributed by atoms with Gasteiger partial charge < -0.3 is 5.32 Å². The average molecular weight is 457 g/mol. The Kier molecular flexibility index (Phi) is 13.4. The Balaban J connectivity index is 2.37. The summed E-state index contributed by atoms with van der Waals surface area (Å²) < 4.78 is 15.3. The van der Waals surface area contributed by atoms with Gasteiger partial charge in [0.2, 0.25) is 0 Å². The molecule has 1 heterocycles. The minimum atomic E-state index is -2.45. The van der Waals surface area contributed by atoms with Crippen LogP contribution in [0.2, 0.25) is 0 Å². The van der Waals surface area contributed by atoms with Gasteiger partial charge in [-0.15, -0.1) is 0 Å². The van der Waals surface area contributed by atoms with Crippen molar-refractivity contribution in [3.8, 4) is 0 Å². The molecular weight excluding hydrogens is 409 g/mol. The number of unbranched alkanes of at least 4 members (excludes halogenated alkanes) is 12. The van der Waals surface area contributed by atoms with Gasteiger partial charge in [-0.3, -0.25) is 14.2 Å². The largest absolute Gasteiger partial charge is 0.533 e. The Hall–Kier alpha value is -1.13. The molecular formula is C24H47N3O3P+. The first-order valence-electron chi connectivity index (χ1n) is 12.5. The summed E-state index contributed by atoms with van der Waals surface area (Å²) in [4.78, 5) is 22.4. The average Bonchev–Trinajstić information content (AvgIpc) is 2.94. The lowest BCUT2D eigenvalue weighted by Crippen LogP contribution is -2.32. The van der Waals surface area contributed by atoms with Crippen LogP contribution in [-0.2, 0) is 25.1 Å². The lowest BCUT2D eigenvalue weighted by molar-refractivity contribution is 0.463. The molecule has 1 rings (SSSR count). The number of nitrogens with one attached hydrogen (secondary N) is 1. The van der Waals surface area contributed by atoms with Crippen molar-refractivity contribution < 1.29 is 9.46 Å². The third-order valence-corrected chi connectivity index (χ3v) is 7.93. The second-order valence-corrected chi connectivity index (χ2v) is 10.7. The number of rotatable bonds is 18. The zero-order valence-corrected chi connectivity index (χ0v) is 21.6. The number of aromatic nitrogens is 2. The molecule has 31 heavy (non-hydrogen) atoms. The minimum absolute atomic E-state index is 0.135. The fraction of sp³-hybridized carbons (Fsp3) is 0.875. The van der Waals surface area contributed by atoms with Crippen molar-refractivity contribution in [2.45, 2.75) is 122 Å². The molecule has 2 unspecified atom stereocenters. The first-order valence-corrected chi connectivity index (χ1v) is 13.7. The van der Waals surface area contributed by atoms with Crippen LogP contribution in [0.3, 0.4) is 0 Å². The Morgan fingerprint density at radius 1 is 0.839 bits per heavy atom. The van der Waals surface area contributed by atoms with Gasteiger partial charge in [0.05, 0.1) is 5.69 Å². The van der Waals surface area contributed by atoms with Gasteiger partial charge in [-0.1, -0.05) is 90.9 Å². The van der Waals surface area contributed by atoms with Gasteiger partial charge in [-0.2, -0.15) is 4.89 Å². The standard InChI is InChI=1S/C24H46N3O3P/c1-6-8-9-10-11-12-13-14-15-16-17-18-19-20-21-22(23(28)27(5)26(21)4)25-24(3,7-2)31(29)30/h25H,6-20H2,1-5H3/p+1. The van der Waals surface area contributed by atoms with E-state index < -0.39 is 13.3 Å². The van der Waals surface area contributed by atoms with Crippen molar-refractivity contribution in [1.82, 2.24) is 9.36 Å². The molecule has 180 valence electrons. The lowest BCUT2D eigenvalue weighted by atomic mass is 10.0. The van der Waals surface area contributed by atoms with E-state index in [-0.39, 0.29) is 5.56 Å². The van der Waals surface area contributed by atoms with Crippen molar-refractivity contribution in [2.24, 2.45) is 14.1 Å². The molecule has 0 aromatic carbocycles. The lowest BCUT2D eigenvalue weighted by Gasteiger charge is -2.17. The molecule has 7 heteroatoms. The molecule has 2 N–H and O–H groups in total. The van der Waals surface area contributed by atoms with Crippen LogP contribution in [0.1, 0.15) is 116 Å². The van der Waals surface area contributed by atoms with Crippen molar-refractivity contribution >= 4 is 13.7 Å². The van der Waals surface area contributed by atoms with Crippen LogP contribution < -0.4 is 10.9 Å². The highest BCUT2D eigenvalue weighted by molar-refractivity contribution is 7.40. The third-order valence-electron chi connectivity index (χ3n) is 6.66. The van der Waals surface area contributed by atoms with Crippen LogP contribution in [0.4, 0.5) is 5.69 Å². The summed E-state index contributed by atoms with van der Waals surface area (Å²) in [6.45, 7) is 5.82. The Labute approximate surface area is 190 Å². The smallest absolute Gasteiger partial charge is 0.331 e. The molecule has 0 spiro atoms. The van der Waals surface area contributed by atoms with Gasteiger partial charge in [0, 0.05) is 27.4 Å². The number of hydrogen-bond acceptors (Lipinski definition) is 3. The van der Waals surface area contributed by atoms with Crippen LogP contribution >= 0.6 is 8.03 Å². The highest BCUT2D eigenvalue weighted by Gasteiger charge is 2.44. The summed E-state index contributed by atoms with van der Waals surface area (Å²) in [5, 5.41) is 2.12. The zero-order chi connectivity index (χ0) is 23.3. The molecule has 0 amide bonds. The topological polar surface area (TPSA) is 76.3 Å². The SMILES string of the molecule is CCCCCCCCCCCCCCCc1c(NC(C)(CC)[P+](=O)O)c(=O)n(C)n1C. The molecule has 0 bridgehead atoms. The second kappa shape index (κ2) is 14.8. The third kappa shape index (κ3) is 9.10. The predicted molar refractivity (Wildman–Crippen MR) is 132 cm³/mol. The van der Waals surface area contributed by atoms with E-state index in [9.17, 15) is 14.3 Å². The van der Waals surface area contributed by atoms with Crippen LogP contribution in [0.15, 0.2) is 4.79 Å². The molecule has 1 aromatic rings. The molecule has 0 aliphatic heterocycles. The predicted octanol–water partition coefficient (Wildman–Crippen LogP) is 6.63. The van der Waals surface area contributed by atoms with Gasteiger partial charge in [0.15, 0.2) is 0 Å². The van der Waals surface area contributed by atoms with E-state index >= 15 is 0 Å². The van der Waals surface area contributed by atoms with E-state index in [1.54, 1.807) is 18.7 Å². The maximum Gasteiger partial charge on any atom is 0.533 e. The van der Waals surface area contributed by atoms with Crippen LogP contribution in [0, 0.1) is 0 Å². The quantitative estimate of drug-likeness (QED) is 0.192. The number of nitrogens with zero attached hydrogens (tertiary/aromatic N) is 2. The van der Waals surface area contributed by atoms with Crippen molar-refractivity contribution in [3.63, 3.8) is 0 Å². The van der Waals surface area contributed by atoms with E-state index in [0.717, 1.165) is 25.0 Å². The number of hydrogen-bond donors (Lipinski definition) is 2. The molecule has 1 aromatic heterocycles. The van der Waals surface area contributed by atoms with E-state index in [1.165, 1.54) is 70.6 Å². The van der Waals surface area contributed by atoms with E-state index in [4.69, 9.17) is 0 Å². The van der Waals surface area contributed by atoms with E-state index in [1.807, 2.05) is 18.7 Å². The van der Waals surface area contributed by atoms with Gasteiger partial charge in [-0.05, 0) is 17.4 Å². The summed E-state index contributed by atoms with van der Waals surface area (Å²) in [7, 11) is 1.18. The summed E-state index contributed by atoms with van der Waals surface area (Å²) >= 11 is 0. The van der Waals surface area contributed by atoms with Crippen molar-refractivity contribution in [1.29, 1.82) is 0 Å². The fourth-order valence-corrected chi connectivity index (χ4v) is 4.51. The maximum absolute atomic E-state index is 12.7. The Morgan fingerprint density at radius 2 is 1.29 bits per heavy atom. The van der Waals surface area contributed by atoms with Crippen LogP contribution in [-0.4, -0.2) is 19.5 Å². The highest BCUT2D eigenvalue weighted by Crippen LogP contribution is 2.38. The monoisotopic (exact) mass is 456 g/mol. The molecule has 0 saturated heterocycles. The molecule has 0 saturated carbocycles. The summed E-state index contributed by atoms with van der Waals surface area (Å²) in [6, 6.07) is 0. The van der Waals surface area contributed by atoms with E-state index in [2.05, 4.69) is 12.2 Å². The summed E-state index contributed by atoms with van der Waals surface area (Å²) in [5.74, 6) is 0. The summed E-state index contributed by atoms with van der Waals surface area (Å²) in [5.41, 5.74) is 1.27. The molecule has 0 aliphatic carbocycles. The molecule has 2 atom stereocenters. The fourth-order valence-electron chi connectivity index (χ4n) is 4.03. The Bertz CT molecular complexity index is 714. The molecule has 6 nitrogen and oxygen atoms in total. The van der Waals surface area contributed by atoms with Gasteiger partial charge >= 0.3 is 8.03 Å². The van der Waals surface area contributed by atoms with Gasteiger partial charge in [0.25, 0.3) is 10.8 Å². The minimum Gasteiger partial charge on any atom is -0.331 e. The zero-order valence-electron chi connectivity index (χ0n) is 20.7.